The Balaban J connectivity index is 2.12. The molecule has 0 aromatic heterocycles. The summed E-state index contributed by atoms with van der Waals surface area (Å²) in [5, 5.41) is 3.86. The molecule has 2 aliphatic rings. The Morgan fingerprint density at radius 3 is 2.88 bits per heavy atom. The van der Waals surface area contributed by atoms with Crippen LogP contribution in [-0.4, -0.2) is 18.4 Å². The van der Waals surface area contributed by atoms with Crippen LogP contribution in [-0.2, 0) is 14.3 Å². The number of hydrogen-bond donors (Lipinski definition) is 1. The molecule has 0 amide bonds. The van der Waals surface area contributed by atoms with Crippen molar-refractivity contribution >= 4 is 23.4 Å². The molecule has 0 bridgehead atoms. The summed E-state index contributed by atoms with van der Waals surface area (Å²) < 4.78 is 5.39. The lowest BCUT2D eigenvalue weighted by atomic mass is 9.75. The number of hydrogen-bond acceptors (Lipinski definition) is 4. The summed E-state index contributed by atoms with van der Waals surface area (Å²) in [4.78, 5) is 25.4. The van der Waals surface area contributed by atoms with Crippen LogP contribution in [0.25, 0.3) is 0 Å². The van der Waals surface area contributed by atoms with Gasteiger partial charge in [-0.1, -0.05) is 30.7 Å². The number of Topliss-reactive ketones (excluding diaryl/α,β-unsaturated/α-hetero) is 1. The summed E-state index contributed by atoms with van der Waals surface area (Å²) in [6.07, 6.45) is 2.90. The number of esters is 1. The van der Waals surface area contributed by atoms with Crippen LogP contribution in [0.5, 0.6) is 0 Å². The Bertz CT molecular complexity index is 779. The lowest BCUT2D eigenvalue weighted by molar-refractivity contribution is -0.139. The number of rotatable bonds is 4. The molecule has 1 aromatic carbocycles. The van der Waals surface area contributed by atoms with E-state index in [1.807, 2.05) is 32.0 Å². The Morgan fingerprint density at radius 2 is 2.16 bits per heavy atom. The molecule has 0 radical (unpaired) electrons. The minimum Gasteiger partial charge on any atom is -0.462 e. The highest BCUT2D eigenvalue weighted by molar-refractivity contribution is 6.30. The molecule has 0 unspecified atom stereocenters. The van der Waals surface area contributed by atoms with Crippen LogP contribution in [0, 0.1) is 0 Å². The van der Waals surface area contributed by atoms with E-state index < -0.39 is 5.92 Å². The second-order valence-corrected chi connectivity index (χ2v) is 6.89. The van der Waals surface area contributed by atoms with Gasteiger partial charge in [-0.05, 0) is 43.9 Å². The second kappa shape index (κ2) is 7.44. The Kier molecular flexibility index (Phi) is 5.28. The maximum absolute atomic E-state index is 12.7. The number of halogens is 1. The van der Waals surface area contributed by atoms with Crippen molar-refractivity contribution in [3.05, 3.63) is 57.4 Å². The van der Waals surface area contributed by atoms with Crippen LogP contribution in [0.15, 0.2) is 46.8 Å². The van der Waals surface area contributed by atoms with E-state index in [2.05, 4.69) is 5.32 Å². The van der Waals surface area contributed by atoms with Gasteiger partial charge >= 0.3 is 5.97 Å². The van der Waals surface area contributed by atoms with Crippen molar-refractivity contribution in [1.82, 2.24) is 5.32 Å². The zero-order valence-corrected chi connectivity index (χ0v) is 15.3. The van der Waals surface area contributed by atoms with Crippen molar-refractivity contribution in [3.8, 4) is 0 Å². The lowest BCUT2D eigenvalue weighted by Crippen LogP contribution is -2.34. The zero-order chi connectivity index (χ0) is 18.0. The topological polar surface area (TPSA) is 55.4 Å². The van der Waals surface area contributed by atoms with Gasteiger partial charge in [0.1, 0.15) is 0 Å². The molecule has 0 saturated heterocycles. The van der Waals surface area contributed by atoms with Gasteiger partial charge in [-0.25, -0.2) is 4.79 Å². The molecule has 0 saturated carbocycles. The summed E-state index contributed by atoms with van der Waals surface area (Å²) in [6, 6.07) is 7.37. The normalized spacial score (nSPS) is 20.3. The average molecular weight is 360 g/mol. The van der Waals surface area contributed by atoms with Gasteiger partial charge in [-0.2, -0.15) is 0 Å². The van der Waals surface area contributed by atoms with Crippen LogP contribution < -0.4 is 5.32 Å². The first-order chi connectivity index (χ1) is 12.0. The first-order valence-corrected chi connectivity index (χ1v) is 9.07. The van der Waals surface area contributed by atoms with Gasteiger partial charge in [0.2, 0.25) is 0 Å². The fourth-order valence-corrected chi connectivity index (χ4v) is 3.74. The summed E-state index contributed by atoms with van der Waals surface area (Å²) in [5.74, 6) is -0.708. The Morgan fingerprint density at radius 1 is 1.36 bits per heavy atom. The summed E-state index contributed by atoms with van der Waals surface area (Å²) in [7, 11) is 0. The van der Waals surface area contributed by atoms with Gasteiger partial charge in [-0.3, -0.25) is 4.79 Å². The molecule has 25 heavy (non-hydrogen) atoms. The lowest BCUT2D eigenvalue weighted by Gasteiger charge is -2.34. The average Bonchev–Trinajstić information content (AvgIpc) is 2.58. The molecule has 1 aliphatic heterocycles. The van der Waals surface area contributed by atoms with Gasteiger partial charge in [-0.15, -0.1) is 0 Å². The molecule has 5 heteroatoms. The molecule has 132 valence electrons. The predicted molar refractivity (Wildman–Crippen MR) is 97.2 cm³/mol. The number of ketones is 1. The number of dihydropyridines is 1. The largest absolute Gasteiger partial charge is 0.462 e. The molecule has 1 N–H and O–H groups in total. The number of carbonyl (C=O) groups excluding carboxylic acids is 2. The van der Waals surface area contributed by atoms with E-state index in [1.165, 1.54) is 0 Å². The van der Waals surface area contributed by atoms with Gasteiger partial charge in [0, 0.05) is 34.3 Å². The number of carbonyl (C=O) groups is 2. The summed E-state index contributed by atoms with van der Waals surface area (Å²) in [5.41, 5.74) is 3.71. The molecular formula is C20H22ClNO3. The second-order valence-electron chi connectivity index (χ2n) is 6.46. The van der Waals surface area contributed by atoms with E-state index >= 15 is 0 Å². The van der Waals surface area contributed by atoms with Gasteiger partial charge < -0.3 is 10.1 Å². The van der Waals surface area contributed by atoms with E-state index in [4.69, 9.17) is 16.3 Å². The molecule has 3 rings (SSSR count). The van der Waals surface area contributed by atoms with Crippen molar-refractivity contribution < 1.29 is 14.3 Å². The minimum absolute atomic E-state index is 0.0898. The van der Waals surface area contributed by atoms with Crippen LogP contribution in [0.4, 0.5) is 0 Å². The summed E-state index contributed by atoms with van der Waals surface area (Å²) >= 11 is 6.17. The Labute approximate surface area is 152 Å². The number of nitrogens with one attached hydrogen (secondary N) is 1. The van der Waals surface area contributed by atoms with Crippen molar-refractivity contribution in [3.63, 3.8) is 0 Å². The number of benzene rings is 1. The third kappa shape index (κ3) is 3.49. The highest BCUT2D eigenvalue weighted by atomic mass is 35.5. The number of allylic oxidation sites excluding steroid dienone is 3. The monoisotopic (exact) mass is 359 g/mol. The fourth-order valence-electron chi connectivity index (χ4n) is 3.55. The quantitative estimate of drug-likeness (QED) is 0.816. The van der Waals surface area contributed by atoms with Gasteiger partial charge in [0.15, 0.2) is 5.78 Å². The van der Waals surface area contributed by atoms with Crippen LogP contribution in [0.1, 0.15) is 51.0 Å². The van der Waals surface area contributed by atoms with Crippen molar-refractivity contribution in [1.29, 1.82) is 0 Å². The maximum Gasteiger partial charge on any atom is 0.336 e. The number of ether oxygens (including phenoxy) is 1. The van der Waals surface area contributed by atoms with Crippen molar-refractivity contribution in [2.45, 2.75) is 45.4 Å². The molecule has 1 aromatic rings. The molecule has 1 aliphatic carbocycles. The molecule has 1 heterocycles. The van der Waals surface area contributed by atoms with Crippen molar-refractivity contribution in [2.75, 3.05) is 6.61 Å². The SMILES string of the molecule is CCCOC(=O)C1=C(C)NC2=C(C(=O)CCC2)[C@H]1c1cccc(Cl)c1. The fraction of sp³-hybridized carbons (Fsp3) is 0.400. The molecule has 0 fully saturated rings. The first-order valence-electron chi connectivity index (χ1n) is 8.69. The van der Waals surface area contributed by atoms with E-state index in [0.29, 0.717) is 29.2 Å². The van der Waals surface area contributed by atoms with Crippen LogP contribution in [0.3, 0.4) is 0 Å². The molecule has 1 atom stereocenters. The van der Waals surface area contributed by atoms with Gasteiger partial charge in [0.25, 0.3) is 0 Å². The highest BCUT2D eigenvalue weighted by Gasteiger charge is 2.39. The first kappa shape index (κ1) is 17.7. The van der Waals surface area contributed by atoms with Gasteiger partial charge in [0.05, 0.1) is 12.2 Å². The molecular weight excluding hydrogens is 338 g/mol. The van der Waals surface area contributed by atoms with Crippen molar-refractivity contribution in [2.24, 2.45) is 0 Å². The van der Waals surface area contributed by atoms with Crippen LogP contribution in [0.2, 0.25) is 5.02 Å². The predicted octanol–water partition coefficient (Wildman–Crippen LogP) is 4.26. The minimum atomic E-state index is -0.424. The summed E-state index contributed by atoms with van der Waals surface area (Å²) in [6.45, 7) is 4.17. The third-order valence-electron chi connectivity index (χ3n) is 4.62. The zero-order valence-electron chi connectivity index (χ0n) is 14.5. The smallest absolute Gasteiger partial charge is 0.336 e. The van der Waals surface area contributed by atoms with E-state index in [9.17, 15) is 9.59 Å². The van der Waals surface area contributed by atoms with E-state index in [1.54, 1.807) is 6.07 Å². The Hall–Kier alpha value is -2.07. The molecule has 4 nitrogen and oxygen atoms in total. The highest BCUT2D eigenvalue weighted by Crippen LogP contribution is 2.42. The maximum atomic E-state index is 12.7. The van der Waals surface area contributed by atoms with E-state index in [0.717, 1.165) is 36.2 Å². The van der Waals surface area contributed by atoms with Crippen LogP contribution >= 0.6 is 11.6 Å². The molecule has 0 spiro atoms. The third-order valence-corrected chi connectivity index (χ3v) is 4.85. The standard InChI is InChI=1S/C20H22ClNO3/c1-3-10-25-20(24)17-12(2)22-15-8-5-9-16(23)19(15)18(17)13-6-4-7-14(21)11-13/h4,6-7,11,18,22H,3,5,8-10H2,1-2H3/t18-/m0/s1. The van der Waals surface area contributed by atoms with E-state index in [-0.39, 0.29) is 11.8 Å².